The van der Waals surface area contributed by atoms with Gasteiger partial charge in [0.15, 0.2) is 0 Å². The van der Waals surface area contributed by atoms with Gasteiger partial charge in [-0.2, -0.15) is 0 Å². The van der Waals surface area contributed by atoms with E-state index >= 15 is 0 Å². The van der Waals surface area contributed by atoms with E-state index in [4.69, 9.17) is 0 Å². The predicted octanol–water partition coefficient (Wildman–Crippen LogP) is 12.5. The zero-order valence-electron chi connectivity index (χ0n) is 22.9. The Kier molecular flexibility index (Phi) is 4.66. The van der Waals surface area contributed by atoms with Gasteiger partial charge >= 0.3 is 0 Å². The molecule has 0 atom stereocenters. The van der Waals surface area contributed by atoms with E-state index in [9.17, 15) is 0 Å². The van der Waals surface area contributed by atoms with Crippen LogP contribution in [0.2, 0.25) is 0 Å². The van der Waals surface area contributed by atoms with Gasteiger partial charge in [-0.05, 0) is 135 Å². The van der Waals surface area contributed by atoms with Crippen LogP contribution in [0.3, 0.4) is 0 Å². The number of fused-ring (bicyclic) bond motifs is 11. The van der Waals surface area contributed by atoms with E-state index in [1.54, 1.807) is 0 Å². The maximum Gasteiger partial charge on any atom is 0.0544 e. The van der Waals surface area contributed by atoms with Crippen molar-refractivity contribution < 1.29 is 0 Å². The van der Waals surface area contributed by atoms with Crippen molar-refractivity contribution in [1.82, 2.24) is 0 Å². The molecule has 0 unspecified atom stereocenters. The predicted molar refractivity (Wildman–Crippen MR) is 178 cm³/mol. The lowest BCUT2D eigenvalue weighted by Gasteiger charge is -2.10. The van der Waals surface area contributed by atoms with Gasteiger partial charge in [-0.15, -0.1) is 45.3 Å². The maximum absolute atomic E-state index is 2.47. The minimum absolute atomic E-state index is 1.36. The SMILES string of the molecule is Cc1c(C)c(C)c2c(sc3c4cc5cc6sc7c(sc8c(C)c(C)c(C)c(C)c87)c6cc5cc4sc32)c1C. The third kappa shape index (κ3) is 2.75. The third-order valence-electron chi connectivity index (χ3n) is 9.49. The molecule has 0 N–H and O–H groups in total. The largest absolute Gasteiger partial charge is 0.134 e. The van der Waals surface area contributed by atoms with Gasteiger partial charge in [-0.3, -0.25) is 0 Å². The highest BCUT2D eigenvalue weighted by Gasteiger charge is 2.21. The molecule has 0 radical (unpaired) electrons. The Morgan fingerprint density at radius 1 is 0.342 bits per heavy atom. The van der Waals surface area contributed by atoms with Crippen molar-refractivity contribution in [1.29, 1.82) is 0 Å². The molecule has 8 rings (SSSR count). The van der Waals surface area contributed by atoms with E-state index < -0.39 is 0 Å². The second kappa shape index (κ2) is 7.57. The van der Waals surface area contributed by atoms with Crippen LogP contribution in [0, 0.1) is 55.4 Å². The van der Waals surface area contributed by atoms with E-state index in [1.807, 2.05) is 45.3 Å². The molecule has 0 spiro atoms. The van der Waals surface area contributed by atoms with E-state index in [0.717, 1.165) is 0 Å². The summed E-state index contributed by atoms with van der Waals surface area (Å²) in [6.45, 7) is 18.4. The van der Waals surface area contributed by atoms with Crippen molar-refractivity contribution in [3.05, 3.63) is 68.8 Å². The minimum atomic E-state index is 1.36. The first-order chi connectivity index (χ1) is 18.2. The highest BCUT2D eigenvalue weighted by atomic mass is 32.1. The summed E-state index contributed by atoms with van der Waals surface area (Å²) in [5.41, 5.74) is 11.6. The Bertz CT molecular complexity index is 2190. The van der Waals surface area contributed by atoms with Gasteiger partial charge in [0.25, 0.3) is 0 Å². The van der Waals surface area contributed by atoms with E-state index in [1.165, 1.54) is 114 Å². The molecule has 0 fully saturated rings. The summed E-state index contributed by atoms with van der Waals surface area (Å²) < 4.78 is 11.7. The zero-order chi connectivity index (χ0) is 26.4. The summed E-state index contributed by atoms with van der Waals surface area (Å²) in [5, 5.41) is 8.55. The average molecular weight is 565 g/mol. The van der Waals surface area contributed by atoms with Crippen molar-refractivity contribution in [3.63, 3.8) is 0 Å². The van der Waals surface area contributed by atoms with Crippen LogP contribution in [0.15, 0.2) is 24.3 Å². The number of hydrogen-bond donors (Lipinski definition) is 0. The van der Waals surface area contributed by atoms with E-state index in [0.29, 0.717) is 0 Å². The zero-order valence-corrected chi connectivity index (χ0v) is 26.2. The molecule has 188 valence electrons. The van der Waals surface area contributed by atoms with Crippen molar-refractivity contribution in [2.45, 2.75) is 55.4 Å². The van der Waals surface area contributed by atoms with Gasteiger partial charge in [0.05, 0.1) is 18.8 Å². The van der Waals surface area contributed by atoms with Crippen molar-refractivity contribution in [3.8, 4) is 0 Å². The first kappa shape index (κ1) is 23.4. The molecule has 4 aromatic heterocycles. The van der Waals surface area contributed by atoms with Crippen molar-refractivity contribution in [2.75, 3.05) is 0 Å². The molecule has 0 aliphatic heterocycles. The highest BCUT2D eigenvalue weighted by Crippen LogP contribution is 2.51. The van der Waals surface area contributed by atoms with Gasteiger partial charge in [0.1, 0.15) is 0 Å². The van der Waals surface area contributed by atoms with E-state index in [2.05, 4.69) is 79.7 Å². The number of aryl methyl sites for hydroxylation is 4. The molecule has 8 aromatic rings. The van der Waals surface area contributed by atoms with Crippen LogP contribution in [-0.2, 0) is 0 Å². The maximum atomic E-state index is 2.47. The fourth-order valence-electron chi connectivity index (χ4n) is 6.48. The monoisotopic (exact) mass is 564 g/mol. The van der Waals surface area contributed by atoms with Crippen LogP contribution in [0.4, 0.5) is 0 Å². The highest BCUT2D eigenvalue weighted by molar-refractivity contribution is 7.37. The minimum Gasteiger partial charge on any atom is -0.134 e. The quantitative estimate of drug-likeness (QED) is 0.172. The van der Waals surface area contributed by atoms with Crippen LogP contribution >= 0.6 is 45.3 Å². The molecule has 4 heteroatoms. The van der Waals surface area contributed by atoms with Gasteiger partial charge < -0.3 is 0 Å². The fourth-order valence-corrected chi connectivity index (χ4v) is 12.4. The topological polar surface area (TPSA) is 0 Å². The second-order valence-corrected chi connectivity index (χ2v) is 15.3. The molecule has 0 saturated heterocycles. The average Bonchev–Trinajstić information content (AvgIpc) is 3.63. The molecule has 4 heterocycles. The van der Waals surface area contributed by atoms with Crippen molar-refractivity contribution in [2.24, 2.45) is 0 Å². The lowest BCUT2D eigenvalue weighted by atomic mass is 9.96. The molecular weight excluding hydrogens is 537 g/mol. The first-order valence-corrected chi connectivity index (χ1v) is 16.5. The van der Waals surface area contributed by atoms with Gasteiger partial charge in [0, 0.05) is 40.3 Å². The molecule has 0 nitrogen and oxygen atoms in total. The number of rotatable bonds is 0. The summed E-state index contributed by atoms with van der Waals surface area (Å²) >= 11 is 7.98. The third-order valence-corrected chi connectivity index (χ3v) is 14.8. The van der Waals surface area contributed by atoms with Crippen LogP contribution in [-0.4, -0.2) is 0 Å². The standard InChI is InChI=1S/C34H28S4/c1-13-15(3)19(7)29-27(17(13)5)33-31(37-29)23-9-21-12-26-24(10-22(21)11-25(23)35-33)32-34(36-26)28-18(6)14(2)16(4)20(8)30(28)38-32/h9-12H,1-8H3. The van der Waals surface area contributed by atoms with E-state index in [-0.39, 0.29) is 0 Å². The Balaban J connectivity index is 1.46. The van der Waals surface area contributed by atoms with Gasteiger partial charge in [-0.1, -0.05) is 0 Å². The molecule has 4 aromatic carbocycles. The smallest absolute Gasteiger partial charge is 0.0544 e. The summed E-state index contributed by atoms with van der Waals surface area (Å²) in [6, 6.07) is 9.85. The van der Waals surface area contributed by atoms with Crippen LogP contribution in [0.1, 0.15) is 44.5 Å². The Morgan fingerprint density at radius 2 is 0.711 bits per heavy atom. The molecule has 0 bridgehead atoms. The Hall–Kier alpha value is -2.50. The molecule has 0 aliphatic carbocycles. The number of benzene rings is 4. The van der Waals surface area contributed by atoms with Crippen molar-refractivity contribution >= 4 is 115 Å². The van der Waals surface area contributed by atoms with Crippen LogP contribution in [0.25, 0.3) is 69.9 Å². The first-order valence-electron chi connectivity index (χ1n) is 13.2. The fraction of sp³-hybridized carbons (Fsp3) is 0.235. The Morgan fingerprint density at radius 3 is 1.11 bits per heavy atom. The molecular formula is C34H28S4. The molecule has 0 saturated carbocycles. The molecule has 0 amide bonds. The Labute approximate surface area is 238 Å². The summed E-state index contributed by atoms with van der Waals surface area (Å²) in [7, 11) is 0. The summed E-state index contributed by atoms with van der Waals surface area (Å²) in [5.74, 6) is 0. The lowest BCUT2D eigenvalue weighted by Crippen LogP contribution is -1.91. The second-order valence-electron chi connectivity index (χ2n) is 11.2. The van der Waals surface area contributed by atoms with Gasteiger partial charge in [-0.25, -0.2) is 0 Å². The van der Waals surface area contributed by atoms with Gasteiger partial charge in [0.2, 0.25) is 0 Å². The van der Waals surface area contributed by atoms with Crippen LogP contribution in [0.5, 0.6) is 0 Å². The molecule has 0 aliphatic rings. The number of hydrogen-bond acceptors (Lipinski definition) is 4. The molecule has 38 heavy (non-hydrogen) atoms. The number of thiophene rings is 4. The normalized spacial score (nSPS) is 12.7. The summed E-state index contributed by atoms with van der Waals surface area (Å²) in [4.78, 5) is 0. The summed E-state index contributed by atoms with van der Waals surface area (Å²) in [6.07, 6.45) is 0. The van der Waals surface area contributed by atoms with Crippen LogP contribution < -0.4 is 0 Å². The lowest BCUT2D eigenvalue weighted by molar-refractivity contribution is 1.26.